The van der Waals surface area contributed by atoms with Crippen molar-refractivity contribution in [2.24, 2.45) is 0 Å². The van der Waals surface area contributed by atoms with Crippen molar-refractivity contribution in [3.05, 3.63) is 32.8 Å². The maximum Gasteiger partial charge on any atom is 0.0781 e. The van der Waals surface area contributed by atoms with E-state index in [1.165, 1.54) is 0 Å². The van der Waals surface area contributed by atoms with Gasteiger partial charge in [0.05, 0.1) is 21.2 Å². The molecule has 3 atom stereocenters. The monoisotopic (exact) mass is 307 g/mol. The van der Waals surface area contributed by atoms with E-state index in [1.54, 1.807) is 6.07 Å². The third-order valence-electron chi connectivity index (χ3n) is 3.37. The summed E-state index contributed by atoms with van der Waals surface area (Å²) in [5.41, 5.74) is 0.963. The lowest BCUT2D eigenvalue weighted by atomic mass is 10.1. The highest BCUT2D eigenvalue weighted by molar-refractivity contribution is 6.48. The molecule has 100 valence electrons. The molecule has 0 amide bonds. The lowest BCUT2D eigenvalue weighted by molar-refractivity contribution is 0.111. The lowest BCUT2D eigenvalue weighted by Gasteiger charge is -2.23. The van der Waals surface area contributed by atoms with Crippen molar-refractivity contribution in [2.75, 3.05) is 6.61 Å². The molecule has 1 fully saturated rings. The van der Waals surface area contributed by atoms with Gasteiger partial charge in [-0.3, -0.25) is 0 Å². The van der Waals surface area contributed by atoms with Crippen molar-refractivity contribution >= 4 is 34.8 Å². The molecule has 18 heavy (non-hydrogen) atoms. The molecule has 2 rings (SSSR count). The highest BCUT2D eigenvalue weighted by Crippen LogP contribution is 2.35. The van der Waals surface area contributed by atoms with Gasteiger partial charge in [-0.1, -0.05) is 40.9 Å². The number of ether oxygens (including phenoxy) is 1. The molecule has 1 saturated heterocycles. The van der Waals surface area contributed by atoms with Crippen LogP contribution in [-0.4, -0.2) is 18.8 Å². The van der Waals surface area contributed by atoms with Crippen molar-refractivity contribution in [1.29, 1.82) is 0 Å². The van der Waals surface area contributed by atoms with E-state index in [4.69, 9.17) is 39.5 Å². The molecule has 1 aromatic carbocycles. The molecular formula is C13H16Cl3NO. The first kappa shape index (κ1) is 14.4. The van der Waals surface area contributed by atoms with E-state index in [0.717, 1.165) is 18.6 Å². The average Bonchev–Trinajstić information content (AvgIpc) is 2.72. The summed E-state index contributed by atoms with van der Waals surface area (Å²) in [6.07, 6.45) is 1.25. The minimum absolute atomic E-state index is 0.112. The highest BCUT2D eigenvalue weighted by atomic mass is 35.5. The van der Waals surface area contributed by atoms with E-state index in [1.807, 2.05) is 6.07 Å². The van der Waals surface area contributed by atoms with Gasteiger partial charge in [0, 0.05) is 18.7 Å². The highest BCUT2D eigenvalue weighted by Gasteiger charge is 2.26. The van der Waals surface area contributed by atoms with E-state index in [9.17, 15) is 0 Å². The Morgan fingerprint density at radius 3 is 2.61 bits per heavy atom. The minimum Gasteiger partial charge on any atom is -0.377 e. The Hall–Kier alpha value is 0.01000. The van der Waals surface area contributed by atoms with Crippen molar-refractivity contribution in [3.63, 3.8) is 0 Å². The van der Waals surface area contributed by atoms with Gasteiger partial charge in [0.25, 0.3) is 0 Å². The molecule has 0 aliphatic carbocycles. The maximum atomic E-state index is 6.23. The number of rotatable bonds is 3. The average molecular weight is 309 g/mol. The molecule has 3 unspecified atom stereocenters. The fourth-order valence-corrected chi connectivity index (χ4v) is 2.94. The molecule has 0 bridgehead atoms. The van der Waals surface area contributed by atoms with Crippen LogP contribution in [0.3, 0.4) is 0 Å². The van der Waals surface area contributed by atoms with Gasteiger partial charge in [-0.05, 0) is 31.9 Å². The molecule has 0 aromatic heterocycles. The number of benzene rings is 1. The van der Waals surface area contributed by atoms with Gasteiger partial charge in [0.15, 0.2) is 0 Å². The van der Waals surface area contributed by atoms with Gasteiger partial charge in [-0.2, -0.15) is 0 Å². The molecule has 0 radical (unpaired) electrons. The molecule has 0 spiro atoms. The lowest BCUT2D eigenvalue weighted by Crippen LogP contribution is -2.36. The molecule has 1 heterocycles. The van der Waals surface area contributed by atoms with E-state index >= 15 is 0 Å². The summed E-state index contributed by atoms with van der Waals surface area (Å²) in [7, 11) is 0. The summed E-state index contributed by atoms with van der Waals surface area (Å²) in [5.74, 6) is 0. The fraction of sp³-hybridized carbons (Fsp3) is 0.538. The van der Waals surface area contributed by atoms with Crippen LogP contribution >= 0.6 is 34.8 Å². The number of hydrogen-bond donors (Lipinski definition) is 1. The largest absolute Gasteiger partial charge is 0.377 e. The summed E-state index contributed by atoms with van der Waals surface area (Å²) in [5, 5.41) is 4.94. The number of nitrogens with one attached hydrogen (secondary N) is 1. The fourth-order valence-electron chi connectivity index (χ4n) is 2.24. The zero-order valence-corrected chi connectivity index (χ0v) is 12.6. The SMILES string of the molecule is CC(NC1CCOC1C)c1ccc(Cl)c(Cl)c1Cl. The first-order valence-corrected chi connectivity index (χ1v) is 7.15. The Morgan fingerprint density at radius 1 is 1.28 bits per heavy atom. The molecular weight excluding hydrogens is 293 g/mol. The quantitative estimate of drug-likeness (QED) is 0.832. The second-order valence-electron chi connectivity index (χ2n) is 4.62. The van der Waals surface area contributed by atoms with Crippen molar-refractivity contribution < 1.29 is 4.74 Å². The summed E-state index contributed by atoms with van der Waals surface area (Å²) >= 11 is 18.2. The maximum absolute atomic E-state index is 6.23. The molecule has 1 aliphatic rings. The van der Waals surface area contributed by atoms with Gasteiger partial charge in [-0.25, -0.2) is 0 Å². The predicted molar refractivity (Wildman–Crippen MR) is 76.8 cm³/mol. The van der Waals surface area contributed by atoms with Gasteiger partial charge in [0.1, 0.15) is 0 Å². The molecule has 5 heteroatoms. The van der Waals surface area contributed by atoms with E-state index in [2.05, 4.69) is 19.2 Å². The Bertz CT molecular complexity index is 438. The zero-order valence-electron chi connectivity index (χ0n) is 10.3. The molecule has 1 aliphatic heterocycles. The van der Waals surface area contributed by atoms with Crippen molar-refractivity contribution in [3.8, 4) is 0 Å². The summed E-state index contributed by atoms with van der Waals surface area (Å²) in [4.78, 5) is 0. The van der Waals surface area contributed by atoms with E-state index < -0.39 is 0 Å². The van der Waals surface area contributed by atoms with Crippen LogP contribution in [0.1, 0.15) is 31.9 Å². The summed E-state index contributed by atoms with van der Waals surface area (Å²) in [6, 6.07) is 4.15. The van der Waals surface area contributed by atoms with Crippen LogP contribution in [0.5, 0.6) is 0 Å². The standard InChI is InChI=1S/C13H16Cl3NO/c1-7(17-11-5-6-18-8(11)2)9-3-4-10(14)13(16)12(9)15/h3-4,7-8,11,17H,5-6H2,1-2H3. The van der Waals surface area contributed by atoms with E-state index in [-0.39, 0.29) is 12.1 Å². The van der Waals surface area contributed by atoms with Crippen LogP contribution in [0.25, 0.3) is 0 Å². The topological polar surface area (TPSA) is 21.3 Å². The van der Waals surface area contributed by atoms with Crippen molar-refractivity contribution in [1.82, 2.24) is 5.32 Å². The molecule has 1 aromatic rings. The van der Waals surface area contributed by atoms with Crippen LogP contribution in [-0.2, 0) is 4.74 Å². The smallest absolute Gasteiger partial charge is 0.0781 e. The Balaban J connectivity index is 2.14. The third-order valence-corrected chi connectivity index (χ3v) is 4.68. The molecule has 2 nitrogen and oxygen atoms in total. The minimum atomic E-state index is 0.112. The van der Waals surface area contributed by atoms with Gasteiger partial charge in [0.2, 0.25) is 0 Å². The zero-order chi connectivity index (χ0) is 13.3. The van der Waals surface area contributed by atoms with Crippen LogP contribution in [0, 0.1) is 0 Å². The van der Waals surface area contributed by atoms with Crippen LogP contribution in [0.15, 0.2) is 12.1 Å². The van der Waals surface area contributed by atoms with Crippen LogP contribution in [0.2, 0.25) is 15.1 Å². The normalized spacial score (nSPS) is 25.4. The second-order valence-corrected chi connectivity index (χ2v) is 5.79. The Labute approximate surface area is 123 Å². The molecule has 0 saturated carbocycles. The van der Waals surface area contributed by atoms with Gasteiger partial charge < -0.3 is 10.1 Å². The summed E-state index contributed by atoms with van der Waals surface area (Å²) in [6.45, 7) is 4.95. The Kier molecular flexibility index (Phi) is 4.79. The van der Waals surface area contributed by atoms with Crippen LogP contribution < -0.4 is 5.32 Å². The van der Waals surface area contributed by atoms with E-state index in [0.29, 0.717) is 21.1 Å². The third kappa shape index (κ3) is 2.94. The molecule has 1 N–H and O–H groups in total. The van der Waals surface area contributed by atoms with Gasteiger partial charge >= 0.3 is 0 Å². The summed E-state index contributed by atoms with van der Waals surface area (Å²) < 4.78 is 5.53. The second kappa shape index (κ2) is 5.98. The predicted octanol–water partition coefficient (Wildman–Crippen LogP) is 4.47. The number of hydrogen-bond acceptors (Lipinski definition) is 2. The Morgan fingerprint density at radius 2 is 2.00 bits per heavy atom. The first-order valence-electron chi connectivity index (χ1n) is 6.01. The first-order chi connectivity index (χ1) is 8.50. The van der Waals surface area contributed by atoms with Crippen molar-refractivity contribution in [2.45, 2.75) is 38.5 Å². The van der Waals surface area contributed by atoms with Crippen LogP contribution in [0.4, 0.5) is 0 Å². The number of halogens is 3. The van der Waals surface area contributed by atoms with Gasteiger partial charge in [-0.15, -0.1) is 0 Å².